The first kappa shape index (κ1) is 11.1. The first-order chi connectivity index (χ1) is 8.20. The van der Waals surface area contributed by atoms with Crippen molar-refractivity contribution in [1.29, 1.82) is 0 Å². The Balaban J connectivity index is 2.33. The van der Waals surface area contributed by atoms with E-state index in [0.29, 0.717) is 22.9 Å². The van der Waals surface area contributed by atoms with Crippen molar-refractivity contribution in [1.82, 2.24) is 9.97 Å². The second-order valence-corrected chi connectivity index (χ2v) is 3.30. The number of rotatable bonds is 3. The lowest BCUT2D eigenvalue weighted by molar-refractivity contribution is 0.413. The van der Waals surface area contributed by atoms with E-state index in [1.54, 1.807) is 6.07 Å². The highest BCUT2D eigenvalue weighted by molar-refractivity contribution is 5.71. The van der Waals surface area contributed by atoms with Gasteiger partial charge in [0, 0.05) is 6.07 Å². The Morgan fingerprint density at radius 1 is 1.41 bits per heavy atom. The van der Waals surface area contributed by atoms with Crippen LogP contribution in [0, 0.1) is 5.82 Å². The van der Waals surface area contributed by atoms with Crippen molar-refractivity contribution in [3.63, 3.8) is 0 Å². The van der Waals surface area contributed by atoms with Crippen LogP contribution in [0.15, 0.2) is 30.7 Å². The first-order valence-corrected chi connectivity index (χ1v) is 4.86. The Morgan fingerprint density at radius 3 is 2.94 bits per heavy atom. The number of nitrogens with one attached hydrogen (secondary N) is 1. The smallest absolute Gasteiger partial charge is 0.157 e. The van der Waals surface area contributed by atoms with Gasteiger partial charge >= 0.3 is 0 Å². The third-order valence-corrected chi connectivity index (χ3v) is 2.16. The molecule has 0 aliphatic carbocycles. The monoisotopic (exact) mass is 234 g/mol. The predicted molar refractivity (Wildman–Crippen MR) is 62.7 cm³/mol. The summed E-state index contributed by atoms with van der Waals surface area (Å²) in [6.45, 7) is 0. The maximum absolute atomic E-state index is 13.0. The van der Waals surface area contributed by atoms with E-state index in [9.17, 15) is 4.39 Å². The number of nitrogen functional groups attached to an aromatic ring is 1. The quantitative estimate of drug-likeness (QED) is 0.849. The number of anilines is 3. The number of methoxy groups -OCH3 is 1. The maximum atomic E-state index is 13.0. The van der Waals surface area contributed by atoms with Crippen molar-refractivity contribution in [2.24, 2.45) is 0 Å². The molecular weight excluding hydrogens is 223 g/mol. The summed E-state index contributed by atoms with van der Waals surface area (Å²) in [6, 6.07) is 4.15. The van der Waals surface area contributed by atoms with Gasteiger partial charge in [0.15, 0.2) is 5.82 Å². The molecular formula is C11H11FN4O. The molecule has 0 unspecified atom stereocenters. The van der Waals surface area contributed by atoms with E-state index in [1.807, 2.05) is 0 Å². The van der Waals surface area contributed by atoms with Gasteiger partial charge in [-0.2, -0.15) is 0 Å². The molecule has 1 heterocycles. The zero-order chi connectivity index (χ0) is 12.3. The fourth-order valence-corrected chi connectivity index (χ4v) is 1.34. The van der Waals surface area contributed by atoms with Gasteiger partial charge in [-0.05, 0) is 12.1 Å². The number of ether oxygens (including phenoxy) is 1. The molecule has 2 rings (SSSR count). The van der Waals surface area contributed by atoms with Crippen molar-refractivity contribution < 1.29 is 9.13 Å². The van der Waals surface area contributed by atoms with E-state index in [0.717, 1.165) is 0 Å². The van der Waals surface area contributed by atoms with Gasteiger partial charge < -0.3 is 15.8 Å². The third kappa shape index (κ3) is 2.41. The van der Waals surface area contributed by atoms with Crippen LogP contribution in [0.5, 0.6) is 5.75 Å². The first-order valence-electron chi connectivity index (χ1n) is 4.86. The number of nitrogens with zero attached hydrogens (tertiary/aromatic N) is 2. The number of halogens is 1. The maximum Gasteiger partial charge on any atom is 0.157 e. The second kappa shape index (κ2) is 4.65. The van der Waals surface area contributed by atoms with Crippen LogP contribution in [0.25, 0.3) is 0 Å². The van der Waals surface area contributed by atoms with Crippen LogP contribution in [0.3, 0.4) is 0 Å². The Morgan fingerprint density at radius 2 is 2.24 bits per heavy atom. The van der Waals surface area contributed by atoms with E-state index in [-0.39, 0.29) is 5.82 Å². The molecule has 0 bridgehead atoms. The highest BCUT2D eigenvalue weighted by Gasteiger charge is 2.07. The van der Waals surface area contributed by atoms with E-state index >= 15 is 0 Å². The Labute approximate surface area is 97.5 Å². The van der Waals surface area contributed by atoms with Gasteiger partial charge in [-0.3, -0.25) is 0 Å². The second-order valence-electron chi connectivity index (χ2n) is 3.30. The lowest BCUT2D eigenvalue weighted by Crippen LogP contribution is -2.01. The summed E-state index contributed by atoms with van der Waals surface area (Å²) in [4.78, 5) is 7.75. The molecule has 17 heavy (non-hydrogen) atoms. The number of aromatic nitrogens is 2. The van der Waals surface area contributed by atoms with Crippen LogP contribution in [-0.2, 0) is 0 Å². The highest BCUT2D eigenvalue weighted by Crippen LogP contribution is 2.28. The summed E-state index contributed by atoms with van der Waals surface area (Å²) in [5, 5.41) is 2.95. The molecule has 1 aromatic heterocycles. The average Bonchev–Trinajstić information content (AvgIpc) is 2.34. The zero-order valence-electron chi connectivity index (χ0n) is 9.14. The van der Waals surface area contributed by atoms with Crippen molar-refractivity contribution in [2.75, 3.05) is 18.2 Å². The third-order valence-electron chi connectivity index (χ3n) is 2.16. The van der Waals surface area contributed by atoms with Crippen molar-refractivity contribution >= 4 is 17.2 Å². The molecule has 0 amide bonds. The highest BCUT2D eigenvalue weighted by atomic mass is 19.1. The van der Waals surface area contributed by atoms with Crippen molar-refractivity contribution in [2.45, 2.75) is 0 Å². The molecule has 88 valence electrons. The zero-order valence-corrected chi connectivity index (χ0v) is 9.14. The average molecular weight is 234 g/mol. The van der Waals surface area contributed by atoms with Crippen LogP contribution >= 0.6 is 0 Å². The summed E-state index contributed by atoms with van der Waals surface area (Å²) in [5.74, 6) is 0.455. The molecule has 2 aromatic rings. The standard InChI is InChI=1S/C11H11FN4O/c1-17-10-4-7(12)2-3-9(10)16-11-8(13)5-14-6-15-11/h2-6H,13H2,1H3,(H,14,15,16). The van der Waals surface area contributed by atoms with Crippen LogP contribution in [0.2, 0.25) is 0 Å². The van der Waals surface area contributed by atoms with Crippen LogP contribution in [0.1, 0.15) is 0 Å². The van der Waals surface area contributed by atoms with Crippen molar-refractivity contribution in [3.05, 3.63) is 36.5 Å². The molecule has 0 saturated carbocycles. The summed E-state index contributed by atoms with van der Waals surface area (Å²) in [5.41, 5.74) is 6.67. The Kier molecular flexibility index (Phi) is 3.04. The van der Waals surface area contributed by atoms with E-state index in [1.165, 1.54) is 31.8 Å². The summed E-state index contributed by atoms with van der Waals surface area (Å²) in [7, 11) is 1.46. The fourth-order valence-electron chi connectivity index (χ4n) is 1.34. The molecule has 0 saturated heterocycles. The molecule has 1 aromatic carbocycles. The van der Waals surface area contributed by atoms with Crippen LogP contribution in [-0.4, -0.2) is 17.1 Å². The minimum absolute atomic E-state index is 0.372. The number of hydrogen-bond donors (Lipinski definition) is 2. The topological polar surface area (TPSA) is 73.1 Å². The summed E-state index contributed by atoms with van der Waals surface area (Å²) < 4.78 is 18.0. The molecule has 0 radical (unpaired) electrons. The molecule has 0 spiro atoms. The molecule has 0 fully saturated rings. The van der Waals surface area contributed by atoms with Gasteiger partial charge in [-0.25, -0.2) is 14.4 Å². The molecule has 3 N–H and O–H groups in total. The van der Waals surface area contributed by atoms with E-state index < -0.39 is 0 Å². The SMILES string of the molecule is COc1cc(F)ccc1Nc1ncncc1N. The number of nitrogens with two attached hydrogens (primary N) is 1. The van der Waals surface area contributed by atoms with Gasteiger partial charge in [-0.15, -0.1) is 0 Å². The lowest BCUT2D eigenvalue weighted by atomic mass is 10.2. The van der Waals surface area contributed by atoms with Gasteiger partial charge in [-0.1, -0.05) is 0 Å². The van der Waals surface area contributed by atoms with E-state index in [2.05, 4.69) is 15.3 Å². The normalized spacial score (nSPS) is 10.0. The molecule has 5 nitrogen and oxygen atoms in total. The Bertz CT molecular complexity index is 533. The molecule has 6 heteroatoms. The molecule has 0 aliphatic rings. The van der Waals surface area contributed by atoms with Gasteiger partial charge in [0.1, 0.15) is 17.9 Å². The fraction of sp³-hybridized carbons (Fsp3) is 0.0909. The van der Waals surface area contributed by atoms with Gasteiger partial charge in [0.2, 0.25) is 0 Å². The van der Waals surface area contributed by atoms with Crippen molar-refractivity contribution in [3.8, 4) is 5.75 Å². The van der Waals surface area contributed by atoms with Gasteiger partial charge in [0.05, 0.1) is 24.7 Å². The molecule has 0 aliphatic heterocycles. The lowest BCUT2D eigenvalue weighted by Gasteiger charge is -2.11. The number of hydrogen-bond acceptors (Lipinski definition) is 5. The molecule has 0 atom stereocenters. The summed E-state index contributed by atoms with van der Waals surface area (Å²) in [6.07, 6.45) is 2.85. The van der Waals surface area contributed by atoms with Crippen LogP contribution < -0.4 is 15.8 Å². The van der Waals surface area contributed by atoms with E-state index in [4.69, 9.17) is 10.5 Å². The predicted octanol–water partition coefficient (Wildman–Crippen LogP) is 1.95. The van der Waals surface area contributed by atoms with Gasteiger partial charge in [0.25, 0.3) is 0 Å². The van der Waals surface area contributed by atoms with Crippen LogP contribution in [0.4, 0.5) is 21.6 Å². The minimum atomic E-state index is -0.372. The number of benzene rings is 1. The summed E-state index contributed by atoms with van der Waals surface area (Å²) >= 11 is 0. The minimum Gasteiger partial charge on any atom is -0.494 e. The Hall–Kier alpha value is -2.37. The largest absolute Gasteiger partial charge is 0.494 e.